The van der Waals surface area contributed by atoms with Gasteiger partial charge in [-0.25, -0.2) is 0 Å². The Hall–Kier alpha value is -0.860. The van der Waals surface area contributed by atoms with Crippen LogP contribution >= 0.6 is 0 Å². The van der Waals surface area contributed by atoms with Crippen LogP contribution in [-0.2, 0) is 9.59 Å². The maximum Gasteiger partial charge on any atom is 0.306 e. The number of unbranched alkanes of at least 4 members (excludes halogenated alkanes) is 11. The number of hydrogen-bond donors (Lipinski definition) is 1. The highest BCUT2D eigenvalue weighted by Gasteiger charge is 2.15. The van der Waals surface area contributed by atoms with E-state index in [1.54, 1.807) is 0 Å². The molecule has 0 heterocycles. The molecule has 22 heavy (non-hydrogen) atoms. The van der Waals surface area contributed by atoms with Crippen molar-refractivity contribution >= 4 is 12.3 Å². The fraction of sp³-hybridized carbons (Fsp3) is 0.895. The lowest BCUT2D eigenvalue weighted by atomic mass is 9.96. The van der Waals surface area contributed by atoms with Gasteiger partial charge in [0.05, 0.1) is 5.92 Å². The Morgan fingerprint density at radius 2 is 1.27 bits per heavy atom. The zero-order chi connectivity index (χ0) is 16.5. The minimum Gasteiger partial charge on any atom is -0.481 e. The van der Waals surface area contributed by atoms with E-state index in [1.807, 2.05) is 0 Å². The summed E-state index contributed by atoms with van der Waals surface area (Å²) in [5, 5.41) is 9.06. The van der Waals surface area contributed by atoms with E-state index in [9.17, 15) is 9.59 Å². The van der Waals surface area contributed by atoms with Gasteiger partial charge in [-0.2, -0.15) is 0 Å². The molecule has 0 amide bonds. The topological polar surface area (TPSA) is 54.4 Å². The van der Waals surface area contributed by atoms with Crippen molar-refractivity contribution < 1.29 is 14.7 Å². The normalized spacial score (nSPS) is 12.2. The molecule has 0 aromatic heterocycles. The molecule has 3 nitrogen and oxygen atoms in total. The van der Waals surface area contributed by atoms with E-state index in [0.717, 1.165) is 25.5 Å². The first kappa shape index (κ1) is 21.1. The molecule has 0 saturated carbocycles. The highest BCUT2D eigenvalue weighted by atomic mass is 16.4. The van der Waals surface area contributed by atoms with Crippen molar-refractivity contribution in [3.05, 3.63) is 0 Å². The van der Waals surface area contributed by atoms with Crippen LogP contribution in [0.2, 0.25) is 0 Å². The van der Waals surface area contributed by atoms with Crippen LogP contribution in [0.1, 0.15) is 103 Å². The van der Waals surface area contributed by atoms with Crippen molar-refractivity contribution in [1.82, 2.24) is 0 Å². The van der Waals surface area contributed by atoms with Gasteiger partial charge >= 0.3 is 5.97 Å². The van der Waals surface area contributed by atoms with Gasteiger partial charge < -0.3 is 9.90 Å². The van der Waals surface area contributed by atoms with Crippen LogP contribution in [0.25, 0.3) is 0 Å². The number of carbonyl (C=O) groups is 2. The minimum absolute atomic E-state index is 0.326. The van der Waals surface area contributed by atoms with Gasteiger partial charge in [0.2, 0.25) is 0 Å². The number of rotatable bonds is 17. The summed E-state index contributed by atoms with van der Waals surface area (Å²) in [6.45, 7) is 2.25. The summed E-state index contributed by atoms with van der Waals surface area (Å²) in [5.74, 6) is -1.07. The van der Waals surface area contributed by atoms with Crippen molar-refractivity contribution in [2.24, 2.45) is 5.92 Å². The van der Waals surface area contributed by atoms with Gasteiger partial charge in [-0.1, -0.05) is 84.0 Å². The van der Waals surface area contributed by atoms with Gasteiger partial charge in [0.1, 0.15) is 6.29 Å². The Balaban J connectivity index is 3.31. The number of aliphatic carboxylic acids is 1. The molecule has 0 aliphatic carbocycles. The summed E-state index contributed by atoms with van der Waals surface area (Å²) >= 11 is 0. The second-order valence-electron chi connectivity index (χ2n) is 6.46. The van der Waals surface area contributed by atoms with Gasteiger partial charge in [0.25, 0.3) is 0 Å². The van der Waals surface area contributed by atoms with E-state index in [4.69, 9.17) is 5.11 Å². The van der Waals surface area contributed by atoms with Gasteiger partial charge in [0.15, 0.2) is 0 Å². The van der Waals surface area contributed by atoms with E-state index >= 15 is 0 Å². The van der Waals surface area contributed by atoms with E-state index in [2.05, 4.69) is 6.92 Å². The Morgan fingerprint density at radius 3 is 1.68 bits per heavy atom. The van der Waals surface area contributed by atoms with Crippen LogP contribution in [0, 0.1) is 5.92 Å². The highest BCUT2D eigenvalue weighted by molar-refractivity contribution is 5.70. The summed E-state index contributed by atoms with van der Waals surface area (Å²) in [4.78, 5) is 21.3. The van der Waals surface area contributed by atoms with Crippen LogP contribution in [0.4, 0.5) is 0 Å². The molecular formula is C19H36O3. The van der Waals surface area contributed by atoms with Gasteiger partial charge in [-0.15, -0.1) is 0 Å². The van der Waals surface area contributed by atoms with E-state index in [-0.39, 0.29) is 5.92 Å². The molecule has 0 saturated heterocycles. The average molecular weight is 312 g/mol. The second kappa shape index (κ2) is 16.5. The zero-order valence-electron chi connectivity index (χ0n) is 14.5. The van der Waals surface area contributed by atoms with E-state index in [0.29, 0.717) is 12.8 Å². The molecule has 0 aliphatic rings. The third-order valence-electron chi connectivity index (χ3n) is 4.39. The lowest BCUT2D eigenvalue weighted by Crippen LogP contribution is -2.13. The number of hydrogen-bond acceptors (Lipinski definition) is 2. The Kier molecular flexibility index (Phi) is 15.9. The summed E-state index contributed by atoms with van der Waals surface area (Å²) < 4.78 is 0. The van der Waals surface area contributed by atoms with Crippen LogP contribution in [0.3, 0.4) is 0 Å². The van der Waals surface area contributed by atoms with Crippen molar-refractivity contribution in [3.8, 4) is 0 Å². The molecule has 1 N–H and O–H groups in total. The smallest absolute Gasteiger partial charge is 0.306 e. The molecule has 1 unspecified atom stereocenters. The van der Waals surface area contributed by atoms with Crippen molar-refractivity contribution in [2.75, 3.05) is 0 Å². The first-order valence-corrected chi connectivity index (χ1v) is 9.38. The quantitative estimate of drug-likeness (QED) is 0.274. The van der Waals surface area contributed by atoms with Gasteiger partial charge in [-0.05, 0) is 12.8 Å². The molecule has 1 atom stereocenters. The molecule has 0 aromatic rings. The van der Waals surface area contributed by atoms with Gasteiger partial charge in [0, 0.05) is 6.42 Å². The van der Waals surface area contributed by atoms with E-state index in [1.165, 1.54) is 64.2 Å². The lowest BCUT2D eigenvalue weighted by molar-refractivity contribution is -0.142. The lowest BCUT2D eigenvalue weighted by Gasteiger charge is -2.10. The summed E-state index contributed by atoms with van der Waals surface area (Å²) in [6, 6.07) is 0. The van der Waals surface area contributed by atoms with Crippen molar-refractivity contribution in [2.45, 2.75) is 103 Å². The molecule has 0 aliphatic heterocycles. The number of carboxylic acid groups (broad SMARTS) is 1. The maximum atomic E-state index is 11.0. The summed E-state index contributed by atoms with van der Waals surface area (Å²) in [5.41, 5.74) is 0. The standard InChI is InChI=1S/C19H36O3/c1-2-3-4-5-6-7-8-9-10-11-12-13-15-18(19(21)22)16-14-17-20/h17-18H,2-16H2,1H3,(H,21,22). The Morgan fingerprint density at radius 1 is 0.818 bits per heavy atom. The molecule has 130 valence electrons. The summed E-state index contributed by atoms with van der Waals surface area (Å²) in [6.07, 6.45) is 17.9. The van der Waals surface area contributed by atoms with E-state index < -0.39 is 5.97 Å². The molecule has 3 heteroatoms. The van der Waals surface area contributed by atoms with Crippen molar-refractivity contribution in [1.29, 1.82) is 0 Å². The van der Waals surface area contributed by atoms with Crippen LogP contribution in [-0.4, -0.2) is 17.4 Å². The molecule has 0 aromatic carbocycles. The largest absolute Gasteiger partial charge is 0.481 e. The Bertz CT molecular complexity index is 263. The first-order chi connectivity index (χ1) is 10.7. The Labute approximate surface area is 136 Å². The van der Waals surface area contributed by atoms with Crippen LogP contribution in [0.15, 0.2) is 0 Å². The monoisotopic (exact) mass is 312 g/mol. The van der Waals surface area contributed by atoms with Crippen LogP contribution < -0.4 is 0 Å². The second-order valence-corrected chi connectivity index (χ2v) is 6.46. The fourth-order valence-electron chi connectivity index (χ4n) is 2.89. The van der Waals surface area contributed by atoms with Crippen molar-refractivity contribution in [3.63, 3.8) is 0 Å². The molecule has 0 rings (SSSR count). The average Bonchev–Trinajstić information content (AvgIpc) is 2.51. The SMILES string of the molecule is CCCCCCCCCCCCCCC(CCC=O)C(=O)O. The predicted octanol–water partition coefficient (Wildman–Crippen LogP) is 5.76. The number of aldehydes is 1. The molecule has 0 bridgehead atoms. The first-order valence-electron chi connectivity index (χ1n) is 9.38. The van der Waals surface area contributed by atoms with Crippen LogP contribution in [0.5, 0.6) is 0 Å². The predicted molar refractivity (Wildman–Crippen MR) is 92.1 cm³/mol. The third-order valence-corrected chi connectivity index (χ3v) is 4.39. The fourth-order valence-corrected chi connectivity index (χ4v) is 2.89. The molecule has 0 radical (unpaired) electrons. The molecule has 0 spiro atoms. The summed E-state index contributed by atoms with van der Waals surface area (Å²) in [7, 11) is 0. The minimum atomic E-state index is -0.745. The maximum absolute atomic E-state index is 11.0. The zero-order valence-corrected chi connectivity index (χ0v) is 14.5. The highest BCUT2D eigenvalue weighted by Crippen LogP contribution is 2.17. The number of carbonyl (C=O) groups excluding carboxylic acids is 1. The molecular weight excluding hydrogens is 276 g/mol. The third kappa shape index (κ3) is 14.1. The van der Waals surface area contributed by atoms with Gasteiger partial charge in [-0.3, -0.25) is 4.79 Å². The number of carboxylic acids is 1. The molecule has 0 fully saturated rings.